The molecule has 0 N–H and O–H groups in total. The second-order valence-electron chi connectivity index (χ2n) is 7.31. The number of halogens is 1. The minimum absolute atomic E-state index is 0.0418. The molecule has 0 bridgehead atoms. The lowest BCUT2D eigenvalue weighted by molar-refractivity contribution is -0.139. The zero-order valence-electron chi connectivity index (χ0n) is 16.1. The van der Waals surface area contributed by atoms with Gasteiger partial charge >= 0.3 is 0 Å². The third-order valence-electron chi connectivity index (χ3n) is 5.39. The Morgan fingerprint density at radius 3 is 2.71 bits per heavy atom. The lowest BCUT2D eigenvalue weighted by atomic mass is 10.1. The number of hydrogen-bond donors (Lipinski definition) is 0. The average Bonchev–Trinajstić information content (AvgIpc) is 2.74. The number of carbonyl (C=O) groups is 1. The van der Waals surface area contributed by atoms with Crippen LogP contribution in [0.4, 0.5) is 10.1 Å². The minimum atomic E-state index is -0.545. The van der Waals surface area contributed by atoms with Crippen LogP contribution in [0.15, 0.2) is 42.5 Å². The number of nitrogens with zero attached hydrogens (tertiary/aromatic N) is 2. The molecule has 1 amide bonds. The summed E-state index contributed by atoms with van der Waals surface area (Å²) in [6, 6.07) is 12.7. The molecule has 1 fully saturated rings. The quantitative estimate of drug-likeness (QED) is 0.808. The highest BCUT2D eigenvalue weighted by molar-refractivity contribution is 5.83. The van der Waals surface area contributed by atoms with Crippen molar-refractivity contribution in [3.63, 3.8) is 0 Å². The molecule has 28 heavy (non-hydrogen) atoms. The predicted molar refractivity (Wildman–Crippen MR) is 105 cm³/mol. The van der Waals surface area contributed by atoms with Crippen LogP contribution in [0.5, 0.6) is 11.5 Å². The Kier molecular flexibility index (Phi) is 5.37. The van der Waals surface area contributed by atoms with E-state index in [4.69, 9.17) is 9.47 Å². The van der Waals surface area contributed by atoms with Crippen LogP contribution < -0.4 is 14.4 Å². The first-order valence-electron chi connectivity index (χ1n) is 9.77. The van der Waals surface area contributed by atoms with Crippen molar-refractivity contribution in [2.75, 3.05) is 31.6 Å². The second-order valence-corrected chi connectivity index (χ2v) is 7.31. The predicted octanol–water partition coefficient (Wildman–Crippen LogP) is 3.61. The number of methoxy groups -OCH3 is 1. The summed E-state index contributed by atoms with van der Waals surface area (Å²) in [4.78, 5) is 17.0. The number of amides is 1. The summed E-state index contributed by atoms with van der Waals surface area (Å²) in [6.45, 7) is 2.53. The van der Waals surface area contributed by atoms with Gasteiger partial charge < -0.3 is 19.3 Å². The molecular weight excluding hydrogens is 359 g/mol. The number of anilines is 1. The smallest absolute Gasteiger partial charge is 0.265 e. The summed E-state index contributed by atoms with van der Waals surface area (Å²) in [5, 5.41) is 0. The maximum atomic E-state index is 14.1. The highest BCUT2D eigenvalue weighted by Crippen LogP contribution is 2.35. The van der Waals surface area contributed by atoms with Gasteiger partial charge in [0, 0.05) is 19.6 Å². The van der Waals surface area contributed by atoms with Crippen molar-refractivity contribution >= 4 is 11.6 Å². The summed E-state index contributed by atoms with van der Waals surface area (Å²) in [6.07, 6.45) is 2.72. The molecular formula is C22H25FN2O3. The molecule has 1 saturated heterocycles. The van der Waals surface area contributed by atoms with Crippen molar-refractivity contribution in [3.05, 3.63) is 53.8 Å². The number of carbonyl (C=O) groups excluding carboxylic acids is 1. The normalized spacial score (nSPS) is 19.0. The van der Waals surface area contributed by atoms with E-state index in [1.54, 1.807) is 6.07 Å². The first-order chi connectivity index (χ1) is 13.7. The fourth-order valence-corrected chi connectivity index (χ4v) is 3.93. The fraction of sp³-hybridized carbons (Fsp3) is 0.409. The van der Waals surface area contributed by atoms with E-state index in [1.165, 1.54) is 19.6 Å². The van der Waals surface area contributed by atoms with E-state index in [1.807, 2.05) is 35.2 Å². The minimum Gasteiger partial charge on any atom is -0.494 e. The lowest BCUT2D eigenvalue weighted by Gasteiger charge is -2.38. The summed E-state index contributed by atoms with van der Waals surface area (Å²) in [7, 11) is 1.45. The van der Waals surface area contributed by atoms with Gasteiger partial charge in [0.25, 0.3) is 5.91 Å². The van der Waals surface area contributed by atoms with Gasteiger partial charge in [-0.15, -0.1) is 0 Å². The van der Waals surface area contributed by atoms with Gasteiger partial charge in [0.05, 0.1) is 19.3 Å². The van der Waals surface area contributed by atoms with Crippen molar-refractivity contribution in [1.82, 2.24) is 4.90 Å². The number of piperidine rings is 1. The lowest BCUT2D eigenvalue weighted by Crippen LogP contribution is -2.51. The summed E-state index contributed by atoms with van der Waals surface area (Å²) >= 11 is 0. The van der Waals surface area contributed by atoms with Crippen LogP contribution in [0.2, 0.25) is 0 Å². The van der Waals surface area contributed by atoms with Crippen molar-refractivity contribution < 1.29 is 18.7 Å². The molecule has 1 atom stereocenters. The molecule has 2 heterocycles. The largest absolute Gasteiger partial charge is 0.494 e. The molecule has 0 spiro atoms. The number of para-hydroxylation sites is 2. The van der Waals surface area contributed by atoms with Crippen LogP contribution in [0.3, 0.4) is 0 Å². The van der Waals surface area contributed by atoms with Crippen LogP contribution >= 0.6 is 0 Å². The first kappa shape index (κ1) is 18.6. The number of fused-ring (bicyclic) bond motifs is 1. The van der Waals surface area contributed by atoms with Gasteiger partial charge in [0.2, 0.25) is 0 Å². The fourth-order valence-electron chi connectivity index (χ4n) is 3.93. The molecule has 0 radical (unpaired) electrons. The van der Waals surface area contributed by atoms with E-state index in [-0.39, 0.29) is 17.5 Å². The van der Waals surface area contributed by atoms with Gasteiger partial charge in [-0.25, -0.2) is 4.39 Å². The Balaban J connectivity index is 1.56. The standard InChI is InChI=1S/C22H25FN2O3/c1-27-19-10-9-16(13-17(19)23)14-25-15-21(22(26)24-11-5-2-6-12-24)28-20-8-4-3-7-18(20)25/h3-4,7-10,13,21H,2,5-6,11-12,14-15H2,1H3. The number of hydrogen-bond acceptors (Lipinski definition) is 4. The molecule has 1 unspecified atom stereocenters. The van der Waals surface area contributed by atoms with Gasteiger partial charge in [-0.05, 0) is 49.1 Å². The molecule has 0 aromatic heterocycles. The SMILES string of the molecule is COc1ccc(CN2CC(C(=O)N3CCCCC3)Oc3ccccc32)cc1F. The highest BCUT2D eigenvalue weighted by Gasteiger charge is 2.34. The Morgan fingerprint density at radius 2 is 1.96 bits per heavy atom. The molecule has 4 rings (SSSR count). The van der Waals surface area contributed by atoms with Crippen molar-refractivity contribution in [2.24, 2.45) is 0 Å². The van der Waals surface area contributed by atoms with E-state index in [0.29, 0.717) is 18.8 Å². The molecule has 6 heteroatoms. The van der Waals surface area contributed by atoms with Gasteiger partial charge in [-0.3, -0.25) is 4.79 Å². The van der Waals surface area contributed by atoms with Gasteiger partial charge in [0.1, 0.15) is 5.75 Å². The van der Waals surface area contributed by atoms with Gasteiger partial charge in [-0.2, -0.15) is 0 Å². The zero-order valence-corrected chi connectivity index (χ0v) is 16.1. The Labute approximate surface area is 164 Å². The van der Waals surface area contributed by atoms with E-state index in [2.05, 4.69) is 4.90 Å². The molecule has 5 nitrogen and oxygen atoms in total. The van der Waals surface area contributed by atoms with Gasteiger partial charge in [-0.1, -0.05) is 18.2 Å². The molecule has 0 saturated carbocycles. The van der Waals surface area contributed by atoms with Crippen LogP contribution in [0, 0.1) is 5.82 Å². The van der Waals surface area contributed by atoms with Crippen molar-refractivity contribution in [3.8, 4) is 11.5 Å². The highest BCUT2D eigenvalue weighted by atomic mass is 19.1. The maximum Gasteiger partial charge on any atom is 0.265 e. The third-order valence-corrected chi connectivity index (χ3v) is 5.39. The Morgan fingerprint density at radius 1 is 1.18 bits per heavy atom. The first-order valence-corrected chi connectivity index (χ1v) is 9.77. The van der Waals surface area contributed by atoms with E-state index >= 15 is 0 Å². The van der Waals surface area contributed by atoms with Crippen LogP contribution in [-0.2, 0) is 11.3 Å². The van der Waals surface area contributed by atoms with Crippen molar-refractivity contribution in [1.29, 1.82) is 0 Å². The molecule has 2 aromatic carbocycles. The average molecular weight is 384 g/mol. The van der Waals surface area contributed by atoms with Crippen molar-refractivity contribution in [2.45, 2.75) is 31.9 Å². The zero-order chi connectivity index (χ0) is 19.5. The van der Waals surface area contributed by atoms with Crippen LogP contribution in [0.25, 0.3) is 0 Å². The topological polar surface area (TPSA) is 42.0 Å². The third kappa shape index (κ3) is 3.77. The van der Waals surface area contributed by atoms with Crippen LogP contribution in [0.1, 0.15) is 24.8 Å². The maximum absolute atomic E-state index is 14.1. The summed E-state index contributed by atoms with van der Waals surface area (Å²) in [5.41, 5.74) is 1.74. The number of benzene rings is 2. The Bertz CT molecular complexity index is 851. The number of rotatable bonds is 4. The van der Waals surface area contributed by atoms with Crippen LogP contribution in [-0.4, -0.2) is 43.7 Å². The monoisotopic (exact) mass is 384 g/mol. The number of likely N-dealkylation sites (tertiary alicyclic amines) is 1. The van der Waals surface area contributed by atoms with E-state index in [0.717, 1.165) is 37.2 Å². The number of ether oxygens (including phenoxy) is 2. The van der Waals surface area contributed by atoms with E-state index in [9.17, 15) is 9.18 Å². The summed E-state index contributed by atoms with van der Waals surface area (Å²) in [5.74, 6) is 0.574. The van der Waals surface area contributed by atoms with Gasteiger partial charge in [0.15, 0.2) is 17.7 Å². The second kappa shape index (κ2) is 8.09. The van der Waals surface area contributed by atoms with E-state index < -0.39 is 6.10 Å². The molecule has 2 aromatic rings. The molecule has 2 aliphatic heterocycles. The Hall–Kier alpha value is -2.76. The summed E-state index contributed by atoms with van der Waals surface area (Å²) < 4.78 is 25.2. The molecule has 148 valence electrons. The molecule has 0 aliphatic carbocycles. The molecule has 2 aliphatic rings.